The first-order chi connectivity index (χ1) is 12.6. The summed E-state index contributed by atoms with van der Waals surface area (Å²) in [6.45, 7) is 0.399. The minimum absolute atomic E-state index is 0.0280. The van der Waals surface area contributed by atoms with Crippen molar-refractivity contribution in [2.75, 3.05) is 6.54 Å². The van der Waals surface area contributed by atoms with E-state index < -0.39 is 0 Å². The van der Waals surface area contributed by atoms with Gasteiger partial charge in [0.2, 0.25) is 5.91 Å². The van der Waals surface area contributed by atoms with E-state index in [0.717, 1.165) is 27.2 Å². The monoisotopic (exact) mass is 407 g/mol. The molecule has 3 aromatic rings. The predicted octanol–water partition coefficient (Wildman–Crippen LogP) is 4.22. The lowest BCUT2D eigenvalue weighted by molar-refractivity contribution is -0.121. The lowest BCUT2D eigenvalue weighted by Crippen LogP contribution is -2.41. The van der Waals surface area contributed by atoms with Crippen LogP contribution >= 0.6 is 34.5 Å². The second-order valence-electron chi connectivity index (χ2n) is 6.01. The molecule has 0 aliphatic heterocycles. The molecule has 0 spiro atoms. The maximum Gasteiger partial charge on any atom is 0.220 e. The lowest BCUT2D eigenvalue weighted by Gasteiger charge is -2.16. The van der Waals surface area contributed by atoms with E-state index in [9.17, 15) is 4.79 Å². The summed E-state index contributed by atoms with van der Waals surface area (Å²) in [6, 6.07) is 13.5. The van der Waals surface area contributed by atoms with Gasteiger partial charge in [-0.15, -0.1) is 11.3 Å². The minimum Gasteiger partial charge on any atom is -0.352 e. The van der Waals surface area contributed by atoms with E-state index in [4.69, 9.17) is 28.9 Å². The number of hydrogen-bond acceptors (Lipinski definition) is 4. The number of aromatic nitrogens is 1. The third-order valence-electron chi connectivity index (χ3n) is 4.03. The molecule has 0 fully saturated rings. The topological polar surface area (TPSA) is 68.0 Å². The van der Waals surface area contributed by atoms with Gasteiger partial charge in [0.1, 0.15) is 0 Å². The van der Waals surface area contributed by atoms with Crippen molar-refractivity contribution in [3.8, 4) is 0 Å². The van der Waals surface area contributed by atoms with Gasteiger partial charge < -0.3 is 11.1 Å². The Kier molecular flexibility index (Phi) is 6.48. The number of nitrogens with zero attached hydrogens (tertiary/aromatic N) is 1. The van der Waals surface area contributed by atoms with Crippen LogP contribution in [0.5, 0.6) is 0 Å². The van der Waals surface area contributed by atoms with E-state index in [0.29, 0.717) is 29.4 Å². The molecule has 1 aromatic heterocycles. The number of amides is 1. The van der Waals surface area contributed by atoms with Gasteiger partial charge in [0.25, 0.3) is 0 Å². The van der Waals surface area contributed by atoms with Crippen LogP contribution in [0.1, 0.15) is 17.0 Å². The van der Waals surface area contributed by atoms with Crippen LogP contribution in [-0.2, 0) is 17.6 Å². The van der Waals surface area contributed by atoms with Gasteiger partial charge in [-0.05, 0) is 24.1 Å². The zero-order valence-corrected chi connectivity index (χ0v) is 16.4. The van der Waals surface area contributed by atoms with Crippen molar-refractivity contribution in [1.82, 2.24) is 10.3 Å². The maximum absolute atomic E-state index is 12.3. The van der Waals surface area contributed by atoms with Crippen LogP contribution in [0, 0.1) is 0 Å². The number of benzene rings is 2. The lowest BCUT2D eigenvalue weighted by atomic mass is 10.1. The van der Waals surface area contributed by atoms with Gasteiger partial charge in [-0.25, -0.2) is 4.98 Å². The Morgan fingerprint density at radius 1 is 1.19 bits per heavy atom. The van der Waals surface area contributed by atoms with Crippen LogP contribution < -0.4 is 11.1 Å². The molecule has 0 aliphatic rings. The Bertz CT molecular complexity index is 898. The molecular weight excluding hydrogens is 389 g/mol. The van der Waals surface area contributed by atoms with Crippen molar-refractivity contribution < 1.29 is 4.79 Å². The van der Waals surface area contributed by atoms with Crippen LogP contribution in [-0.4, -0.2) is 23.5 Å². The van der Waals surface area contributed by atoms with Crippen LogP contribution in [0.25, 0.3) is 10.2 Å². The first-order valence-corrected chi connectivity index (χ1v) is 9.91. The highest BCUT2D eigenvalue weighted by molar-refractivity contribution is 7.19. The fraction of sp³-hybridized carbons (Fsp3) is 0.263. The third-order valence-corrected chi connectivity index (χ3v) is 6.10. The van der Waals surface area contributed by atoms with Gasteiger partial charge in [0.15, 0.2) is 0 Å². The molecule has 0 saturated carbocycles. The summed E-state index contributed by atoms with van der Waals surface area (Å²) in [5.41, 5.74) is 7.77. The summed E-state index contributed by atoms with van der Waals surface area (Å²) >= 11 is 13.7. The van der Waals surface area contributed by atoms with Crippen molar-refractivity contribution in [2.45, 2.75) is 25.3 Å². The molecule has 136 valence electrons. The first-order valence-electron chi connectivity index (χ1n) is 8.33. The van der Waals surface area contributed by atoms with Crippen LogP contribution in [0.3, 0.4) is 0 Å². The Labute approximate surface area is 166 Å². The zero-order chi connectivity index (χ0) is 18.5. The van der Waals surface area contributed by atoms with Crippen molar-refractivity contribution >= 4 is 50.7 Å². The number of carbonyl (C=O) groups is 1. The standard InChI is InChI=1S/C19H19Cl2N3OS/c20-14-6-7-15-19(18(14)21)26-17(24-15)9-8-16(25)23-13(11-22)10-12-4-2-1-3-5-12/h1-7,13H,8-11,22H2,(H,23,25). The molecule has 1 unspecified atom stereocenters. The smallest absolute Gasteiger partial charge is 0.220 e. The molecule has 2 aromatic carbocycles. The average molecular weight is 408 g/mol. The Morgan fingerprint density at radius 3 is 2.69 bits per heavy atom. The van der Waals surface area contributed by atoms with Crippen molar-refractivity contribution in [1.29, 1.82) is 0 Å². The predicted molar refractivity (Wildman–Crippen MR) is 109 cm³/mol. The summed E-state index contributed by atoms with van der Waals surface area (Å²) in [5, 5.41) is 4.90. The number of rotatable bonds is 7. The van der Waals surface area contributed by atoms with E-state index >= 15 is 0 Å². The van der Waals surface area contributed by atoms with Crippen LogP contribution in [0.15, 0.2) is 42.5 Å². The maximum atomic E-state index is 12.3. The van der Waals surface area contributed by atoms with E-state index in [1.807, 2.05) is 36.4 Å². The van der Waals surface area contributed by atoms with Crippen LogP contribution in [0.4, 0.5) is 0 Å². The number of carbonyl (C=O) groups excluding carboxylic acids is 1. The molecule has 26 heavy (non-hydrogen) atoms. The Hall–Kier alpha value is -1.66. The molecule has 3 rings (SSSR count). The molecule has 1 heterocycles. The molecule has 1 atom stereocenters. The molecular formula is C19H19Cl2N3OS. The third kappa shape index (κ3) is 4.74. The number of nitrogens with one attached hydrogen (secondary N) is 1. The molecule has 0 aliphatic carbocycles. The zero-order valence-electron chi connectivity index (χ0n) is 14.0. The molecule has 7 heteroatoms. The average Bonchev–Trinajstić information content (AvgIpc) is 3.07. The summed E-state index contributed by atoms with van der Waals surface area (Å²) in [5.74, 6) is -0.0280. The fourth-order valence-electron chi connectivity index (χ4n) is 2.70. The number of halogens is 2. The largest absolute Gasteiger partial charge is 0.352 e. The Balaban J connectivity index is 1.57. The molecule has 1 amide bonds. The van der Waals surface area contributed by atoms with Gasteiger partial charge >= 0.3 is 0 Å². The SMILES string of the molecule is NCC(Cc1ccccc1)NC(=O)CCc1nc2ccc(Cl)c(Cl)c2s1. The van der Waals surface area contributed by atoms with Gasteiger partial charge in [-0.3, -0.25) is 4.79 Å². The molecule has 0 radical (unpaired) electrons. The summed E-state index contributed by atoms with van der Waals surface area (Å²) in [6.07, 6.45) is 1.64. The normalized spacial score (nSPS) is 12.3. The fourth-order valence-corrected chi connectivity index (χ4v) is 4.19. The highest BCUT2D eigenvalue weighted by Crippen LogP contribution is 2.34. The van der Waals surface area contributed by atoms with Crippen LogP contribution in [0.2, 0.25) is 10.0 Å². The second-order valence-corrected chi connectivity index (χ2v) is 7.88. The molecule has 3 N–H and O–H groups in total. The summed E-state index contributed by atoms with van der Waals surface area (Å²) in [4.78, 5) is 16.8. The first kappa shape index (κ1) is 19.1. The highest BCUT2D eigenvalue weighted by Gasteiger charge is 2.14. The minimum atomic E-state index is -0.0754. The quantitative estimate of drug-likeness (QED) is 0.615. The molecule has 4 nitrogen and oxygen atoms in total. The number of hydrogen-bond donors (Lipinski definition) is 2. The van der Waals surface area contributed by atoms with Crippen molar-refractivity contribution in [3.05, 3.63) is 63.1 Å². The van der Waals surface area contributed by atoms with E-state index in [1.165, 1.54) is 11.3 Å². The summed E-state index contributed by atoms with van der Waals surface area (Å²) < 4.78 is 0.860. The van der Waals surface area contributed by atoms with Gasteiger partial charge in [0, 0.05) is 25.4 Å². The van der Waals surface area contributed by atoms with Gasteiger partial charge in [-0.2, -0.15) is 0 Å². The second kappa shape index (κ2) is 8.82. The Morgan fingerprint density at radius 2 is 1.96 bits per heavy atom. The summed E-state index contributed by atoms with van der Waals surface area (Å²) in [7, 11) is 0. The van der Waals surface area contributed by atoms with E-state index in [-0.39, 0.29) is 11.9 Å². The molecule has 0 saturated heterocycles. The highest BCUT2D eigenvalue weighted by atomic mass is 35.5. The van der Waals surface area contributed by atoms with Crippen molar-refractivity contribution in [2.24, 2.45) is 5.73 Å². The number of nitrogens with two attached hydrogens (primary N) is 1. The van der Waals surface area contributed by atoms with Gasteiger partial charge in [0.05, 0.1) is 25.3 Å². The molecule has 0 bridgehead atoms. The van der Waals surface area contributed by atoms with Crippen molar-refractivity contribution in [3.63, 3.8) is 0 Å². The number of fused-ring (bicyclic) bond motifs is 1. The van der Waals surface area contributed by atoms with Gasteiger partial charge in [-0.1, -0.05) is 53.5 Å². The number of aryl methyl sites for hydroxylation is 1. The number of thiazole rings is 1. The van der Waals surface area contributed by atoms with E-state index in [1.54, 1.807) is 6.07 Å². The van der Waals surface area contributed by atoms with E-state index in [2.05, 4.69) is 10.3 Å².